The zero-order valence-corrected chi connectivity index (χ0v) is 9.78. The lowest BCUT2D eigenvalue weighted by atomic mass is 9.99. The molecule has 3 atom stereocenters. The van der Waals surface area contributed by atoms with Gasteiger partial charge in [0.15, 0.2) is 0 Å². The van der Waals surface area contributed by atoms with Crippen molar-refractivity contribution >= 4 is 11.9 Å². The second-order valence-corrected chi connectivity index (χ2v) is 4.35. The highest BCUT2D eigenvalue weighted by Gasteiger charge is 2.32. The van der Waals surface area contributed by atoms with E-state index in [1.807, 2.05) is 0 Å². The van der Waals surface area contributed by atoms with Gasteiger partial charge in [-0.25, -0.2) is 9.48 Å². The van der Waals surface area contributed by atoms with E-state index in [4.69, 9.17) is 5.11 Å². The molecule has 18 heavy (non-hydrogen) atoms. The SMILES string of the molecule is CC(O)c1cn(C2CC(=O)NC(C(=O)O)C2)nn1. The summed E-state index contributed by atoms with van der Waals surface area (Å²) in [4.78, 5) is 22.3. The number of aromatic nitrogens is 3. The van der Waals surface area contributed by atoms with Crippen LogP contribution in [0, 0.1) is 0 Å². The average molecular weight is 254 g/mol. The number of rotatable bonds is 3. The molecule has 0 radical (unpaired) electrons. The third-order valence-corrected chi connectivity index (χ3v) is 2.89. The topological polar surface area (TPSA) is 117 Å². The van der Waals surface area contributed by atoms with Gasteiger partial charge in [0.05, 0.1) is 18.3 Å². The summed E-state index contributed by atoms with van der Waals surface area (Å²) in [5, 5.41) is 28.2. The van der Waals surface area contributed by atoms with E-state index in [1.165, 1.54) is 10.9 Å². The van der Waals surface area contributed by atoms with Crippen LogP contribution in [0.5, 0.6) is 0 Å². The zero-order valence-electron chi connectivity index (χ0n) is 9.78. The van der Waals surface area contributed by atoms with Crippen LogP contribution in [0.2, 0.25) is 0 Å². The zero-order chi connectivity index (χ0) is 13.3. The molecule has 1 aromatic heterocycles. The smallest absolute Gasteiger partial charge is 0.326 e. The molecule has 1 fully saturated rings. The Balaban J connectivity index is 2.16. The molecule has 0 aliphatic carbocycles. The van der Waals surface area contributed by atoms with Crippen molar-refractivity contribution in [1.82, 2.24) is 20.3 Å². The number of carbonyl (C=O) groups is 2. The van der Waals surface area contributed by atoms with Crippen molar-refractivity contribution in [1.29, 1.82) is 0 Å². The van der Waals surface area contributed by atoms with Crippen LogP contribution in [0.3, 0.4) is 0 Å². The van der Waals surface area contributed by atoms with Crippen molar-refractivity contribution in [3.8, 4) is 0 Å². The Hall–Kier alpha value is -1.96. The van der Waals surface area contributed by atoms with E-state index >= 15 is 0 Å². The number of aliphatic carboxylic acids is 1. The maximum Gasteiger partial charge on any atom is 0.326 e. The second kappa shape index (κ2) is 4.73. The van der Waals surface area contributed by atoms with Gasteiger partial charge in [-0.1, -0.05) is 5.21 Å². The van der Waals surface area contributed by atoms with Gasteiger partial charge in [0.2, 0.25) is 5.91 Å². The number of carbonyl (C=O) groups excluding carboxylic acids is 1. The molecule has 0 saturated carbocycles. The van der Waals surface area contributed by atoms with E-state index in [1.54, 1.807) is 6.92 Å². The van der Waals surface area contributed by atoms with Crippen LogP contribution in [-0.4, -0.2) is 43.1 Å². The Morgan fingerprint density at radius 3 is 2.94 bits per heavy atom. The molecule has 0 aromatic carbocycles. The fourth-order valence-electron chi connectivity index (χ4n) is 1.91. The number of hydrogen-bond donors (Lipinski definition) is 3. The number of aliphatic hydroxyl groups is 1. The predicted molar refractivity (Wildman–Crippen MR) is 58.5 cm³/mol. The summed E-state index contributed by atoms with van der Waals surface area (Å²) in [6.45, 7) is 1.56. The van der Waals surface area contributed by atoms with Gasteiger partial charge >= 0.3 is 5.97 Å². The van der Waals surface area contributed by atoms with Gasteiger partial charge in [-0.3, -0.25) is 4.79 Å². The van der Waals surface area contributed by atoms with Crippen LogP contribution in [0.1, 0.15) is 37.6 Å². The van der Waals surface area contributed by atoms with Crippen molar-refractivity contribution < 1.29 is 19.8 Å². The van der Waals surface area contributed by atoms with Crippen molar-refractivity contribution in [3.05, 3.63) is 11.9 Å². The molecule has 1 aliphatic heterocycles. The van der Waals surface area contributed by atoms with E-state index in [0.717, 1.165) is 0 Å². The fourth-order valence-corrected chi connectivity index (χ4v) is 1.91. The lowest BCUT2D eigenvalue weighted by molar-refractivity contribution is -0.144. The van der Waals surface area contributed by atoms with Crippen LogP contribution in [0.15, 0.2) is 6.20 Å². The molecule has 1 amide bonds. The minimum absolute atomic E-state index is 0.159. The molecular weight excluding hydrogens is 240 g/mol. The lowest BCUT2D eigenvalue weighted by Crippen LogP contribution is -2.47. The molecule has 3 N–H and O–H groups in total. The van der Waals surface area contributed by atoms with Crippen molar-refractivity contribution in [2.24, 2.45) is 0 Å². The first-order valence-electron chi connectivity index (χ1n) is 5.59. The molecule has 1 aromatic rings. The van der Waals surface area contributed by atoms with Crippen LogP contribution < -0.4 is 5.32 Å². The largest absolute Gasteiger partial charge is 0.480 e. The van der Waals surface area contributed by atoms with E-state index in [2.05, 4.69) is 15.6 Å². The molecule has 2 heterocycles. The predicted octanol–water partition coefficient (Wildman–Crippen LogP) is -0.764. The van der Waals surface area contributed by atoms with Gasteiger partial charge in [0.1, 0.15) is 11.7 Å². The summed E-state index contributed by atoms with van der Waals surface area (Å²) in [6, 6.07) is -1.25. The van der Waals surface area contributed by atoms with Gasteiger partial charge in [0.25, 0.3) is 0 Å². The van der Waals surface area contributed by atoms with Gasteiger partial charge in [-0.15, -0.1) is 5.10 Å². The molecule has 0 spiro atoms. The van der Waals surface area contributed by atoms with Crippen LogP contribution in [-0.2, 0) is 9.59 Å². The van der Waals surface area contributed by atoms with Crippen LogP contribution >= 0.6 is 0 Å². The lowest BCUT2D eigenvalue weighted by Gasteiger charge is -2.26. The van der Waals surface area contributed by atoms with Gasteiger partial charge < -0.3 is 15.5 Å². The maximum atomic E-state index is 11.4. The third kappa shape index (κ3) is 2.48. The number of aliphatic hydroxyl groups excluding tert-OH is 1. The average Bonchev–Trinajstić information content (AvgIpc) is 2.77. The van der Waals surface area contributed by atoms with Gasteiger partial charge in [-0.05, 0) is 6.92 Å². The quantitative estimate of drug-likeness (QED) is 0.652. The minimum Gasteiger partial charge on any atom is -0.480 e. The standard InChI is InChI=1S/C10H14N4O4/c1-5(15)8-4-14(13-12-8)6-2-7(10(17)18)11-9(16)3-6/h4-7,15H,2-3H2,1H3,(H,11,16)(H,17,18). The first-order chi connectivity index (χ1) is 8.47. The Bertz CT molecular complexity index is 470. The number of nitrogens with zero attached hydrogens (tertiary/aromatic N) is 3. The number of hydrogen-bond acceptors (Lipinski definition) is 5. The van der Waals surface area contributed by atoms with Crippen LogP contribution in [0.4, 0.5) is 0 Å². The van der Waals surface area contributed by atoms with E-state index in [-0.39, 0.29) is 24.8 Å². The van der Waals surface area contributed by atoms with E-state index < -0.39 is 18.1 Å². The van der Waals surface area contributed by atoms with E-state index in [9.17, 15) is 14.7 Å². The molecule has 1 saturated heterocycles. The van der Waals surface area contributed by atoms with Gasteiger partial charge in [0, 0.05) is 12.8 Å². The molecule has 98 valence electrons. The Labute approximate surface area is 103 Å². The normalized spacial score (nSPS) is 25.6. The summed E-state index contributed by atoms with van der Waals surface area (Å²) >= 11 is 0. The van der Waals surface area contributed by atoms with Crippen molar-refractivity contribution in [2.75, 3.05) is 0 Å². The first-order valence-corrected chi connectivity index (χ1v) is 5.59. The number of carboxylic acids is 1. The summed E-state index contributed by atoms with van der Waals surface area (Å²) in [6.07, 6.45) is 1.20. The number of nitrogens with one attached hydrogen (secondary N) is 1. The van der Waals surface area contributed by atoms with Crippen molar-refractivity contribution in [2.45, 2.75) is 38.0 Å². The summed E-state index contributed by atoms with van der Waals surface area (Å²) in [5.74, 6) is -1.39. The first kappa shape index (κ1) is 12.5. The maximum absolute atomic E-state index is 11.4. The number of amides is 1. The highest BCUT2D eigenvalue weighted by atomic mass is 16.4. The Morgan fingerprint density at radius 2 is 2.39 bits per heavy atom. The van der Waals surface area contributed by atoms with Crippen LogP contribution in [0.25, 0.3) is 0 Å². The third-order valence-electron chi connectivity index (χ3n) is 2.89. The number of carboxylic acid groups (broad SMARTS) is 1. The molecule has 2 rings (SSSR count). The second-order valence-electron chi connectivity index (χ2n) is 4.35. The molecule has 1 aliphatic rings. The number of piperidine rings is 1. The summed E-state index contributed by atoms with van der Waals surface area (Å²) in [7, 11) is 0. The molecular formula is C10H14N4O4. The fraction of sp³-hybridized carbons (Fsp3) is 0.600. The van der Waals surface area contributed by atoms with E-state index in [0.29, 0.717) is 5.69 Å². The summed E-state index contributed by atoms with van der Waals surface area (Å²) < 4.78 is 1.44. The highest BCUT2D eigenvalue weighted by molar-refractivity contribution is 5.85. The molecule has 8 heteroatoms. The summed E-state index contributed by atoms with van der Waals surface area (Å²) in [5.41, 5.74) is 0.396. The Kier molecular flexibility index (Phi) is 3.28. The monoisotopic (exact) mass is 254 g/mol. The van der Waals surface area contributed by atoms with Gasteiger partial charge in [-0.2, -0.15) is 0 Å². The molecule has 3 unspecified atom stereocenters. The molecule has 0 bridgehead atoms. The van der Waals surface area contributed by atoms with Crippen molar-refractivity contribution in [3.63, 3.8) is 0 Å². The minimum atomic E-state index is -1.07. The molecule has 8 nitrogen and oxygen atoms in total. The Morgan fingerprint density at radius 1 is 1.67 bits per heavy atom. The highest BCUT2D eigenvalue weighted by Crippen LogP contribution is 2.22.